The first-order valence-electron chi connectivity index (χ1n) is 4.38. The van der Waals surface area contributed by atoms with E-state index >= 15 is 0 Å². The summed E-state index contributed by atoms with van der Waals surface area (Å²) in [4.78, 5) is 7.94. The summed E-state index contributed by atoms with van der Waals surface area (Å²) in [5.41, 5.74) is 3.92. The fourth-order valence-electron chi connectivity index (χ4n) is 0.927. The van der Waals surface area contributed by atoms with Crippen molar-refractivity contribution in [2.45, 2.75) is 26.7 Å². The Morgan fingerprint density at radius 3 is 3.00 bits per heavy atom. The van der Waals surface area contributed by atoms with E-state index in [0.29, 0.717) is 5.82 Å². The smallest absolute Gasteiger partial charge is 0.164 e. The Bertz CT molecular complexity index is 268. The molecule has 0 radical (unpaired) electrons. The Morgan fingerprint density at radius 1 is 1.54 bits per heavy atom. The predicted molar refractivity (Wildman–Crippen MR) is 53.7 cm³/mol. The highest BCUT2D eigenvalue weighted by Crippen LogP contribution is 1.98. The lowest BCUT2D eigenvalue weighted by Crippen LogP contribution is -1.98. The molecule has 0 atom stereocenters. The molecule has 0 unspecified atom stereocenters. The molecule has 1 heterocycles. The van der Waals surface area contributed by atoms with E-state index in [1.54, 1.807) is 18.6 Å². The molecule has 0 aromatic carbocycles. The zero-order chi connectivity index (χ0) is 9.52. The third-order valence-electron chi connectivity index (χ3n) is 1.54. The molecule has 4 heteroatoms. The van der Waals surface area contributed by atoms with Crippen LogP contribution in [0.15, 0.2) is 23.7 Å². The van der Waals surface area contributed by atoms with E-state index in [4.69, 9.17) is 0 Å². The van der Waals surface area contributed by atoms with Crippen LogP contribution in [-0.4, -0.2) is 15.7 Å². The van der Waals surface area contributed by atoms with Gasteiger partial charge in [0.05, 0.1) is 6.20 Å². The topological polar surface area (TPSA) is 50.2 Å². The van der Waals surface area contributed by atoms with Gasteiger partial charge in [-0.3, -0.25) is 10.4 Å². The van der Waals surface area contributed by atoms with Gasteiger partial charge in [-0.1, -0.05) is 13.3 Å². The Hall–Kier alpha value is -1.45. The van der Waals surface area contributed by atoms with E-state index in [2.05, 4.69) is 27.4 Å². The summed E-state index contributed by atoms with van der Waals surface area (Å²) in [5.74, 6) is 0.679. The summed E-state index contributed by atoms with van der Waals surface area (Å²) in [7, 11) is 0. The van der Waals surface area contributed by atoms with Gasteiger partial charge in [0.1, 0.15) is 0 Å². The van der Waals surface area contributed by atoms with Crippen molar-refractivity contribution in [3.05, 3.63) is 18.6 Å². The zero-order valence-electron chi connectivity index (χ0n) is 7.99. The van der Waals surface area contributed by atoms with Gasteiger partial charge < -0.3 is 0 Å². The van der Waals surface area contributed by atoms with Gasteiger partial charge in [-0.25, -0.2) is 4.98 Å². The van der Waals surface area contributed by atoms with E-state index in [-0.39, 0.29) is 0 Å². The van der Waals surface area contributed by atoms with Crippen LogP contribution < -0.4 is 5.43 Å². The Morgan fingerprint density at radius 2 is 2.38 bits per heavy atom. The first kappa shape index (κ1) is 9.64. The summed E-state index contributed by atoms with van der Waals surface area (Å²) in [6.07, 6.45) is 7.02. The molecule has 13 heavy (non-hydrogen) atoms. The number of rotatable bonds is 4. The van der Waals surface area contributed by atoms with Crippen molar-refractivity contribution < 1.29 is 0 Å². The molecule has 0 fully saturated rings. The Kier molecular flexibility index (Phi) is 3.88. The monoisotopic (exact) mass is 178 g/mol. The molecule has 70 valence electrons. The molecule has 1 aromatic rings. The Balaban J connectivity index is 2.47. The third kappa shape index (κ3) is 3.64. The number of hydrazone groups is 1. The van der Waals surface area contributed by atoms with E-state index in [1.807, 2.05) is 6.92 Å². The molecule has 4 nitrogen and oxygen atoms in total. The number of anilines is 1. The molecule has 0 aliphatic rings. The van der Waals surface area contributed by atoms with Crippen molar-refractivity contribution in [3.8, 4) is 0 Å². The molecule has 0 bridgehead atoms. The van der Waals surface area contributed by atoms with E-state index in [1.165, 1.54) is 0 Å². The minimum Gasteiger partial charge on any atom is -0.260 e. The van der Waals surface area contributed by atoms with E-state index < -0.39 is 0 Å². The first-order chi connectivity index (χ1) is 6.33. The molecule has 0 aliphatic carbocycles. The van der Waals surface area contributed by atoms with Gasteiger partial charge in [-0.15, -0.1) is 0 Å². The van der Waals surface area contributed by atoms with Crippen LogP contribution in [0, 0.1) is 0 Å². The Labute approximate surface area is 78.1 Å². The highest BCUT2D eigenvalue weighted by Gasteiger charge is 1.90. The maximum Gasteiger partial charge on any atom is 0.164 e. The molecule has 1 rings (SSSR count). The van der Waals surface area contributed by atoms with Gasteiger partial charge in [0.25, 0.3) is 0 Å². The van der Waals surface area contributed by atoms with Crippen LogP contribution in [0.5, 0.6) is 0 Å². The lowest BCUT2D eigenvalue weighted by molar-refractivity contribution is 0.981. The number of hydrogen-bond donors (Lipinski definition) is 1. The van der Waals surface area contributed by atoms with Crippen molar-refractivity contribution in [1.82, 2.24) is 9.97 Å². The predicted octanol–water partition coefficient (Wildman–Crippen LogP) is 2.06. The van der Waals surface area contributed by atoms with Crippen molar-refractivity contribution in [3.63, 3.8) is 0 Å². The average molecular weight is 178 g/mol. The van der Waals surface area contributed by atoms with Crippen LogP contribution in [0.25, 0.3) is 0 Å². The maximum atomic E-state index is 4.15. The zero-order valence-corrected chi connectivity index (χ0v) is 7.99. The summed E-state index contributed by atoms with van der Waals surface area (Å²) in [6, 6.07) is 0. The molecule has 1 aromatic heterocycles. The first-order valence-corrected chi connectivity index (χ1v) is 4.38. The molecular weight excluding hydrogens is 164 g/mol. The molecule has 1 N–H and O–H groups in total. The second kappa shape index (κ2) is 5.24. The van der Waals surface area contributed by atoms with E-state index in [0.717, 1.165) is 18.6 Å². The third-order valence-corrected chi connectivity index (χ3v) is 1.54. The van der Waals surface area contributed by atoms with Gasteiger partial charge in [-0.05, 0) is 13.3 Å². The van der Waals surface area contributed by atoms with Crippen LogP contribution in [-0.2, 0) is 0 Å². The quantitative estimate of drug-likeness (QED) is 0.567. The summed E-state index contributed by atoms with van der Waals surface area (Å²) in [5, 5.41) is 4.15. The fourth-order valence-corrected chi connectivity index (χ4v) is 0.927. The van der Waals surface area contributed by atoms with Gasteiger partial charge >= 0.3 is 0 Å². The number of hydrogen-bond acceptors (Lipinski definition) is 4. The number of aromatic nitrogens is 2. The van der Waals surface area contributed by atoms with Gasteiger partial charge in [0, 0.05) is 18.1 Å². The second-order valence-electron chi connectivity index (χ2n) is 2.80. The molecule has 0 spiro atoms. The van der Waals surface area contributed by atoms with Crippen molar-refractivity contribution in [2.24, 2.45) is 5.10 Å². The van der Waals surface area contributed by atoms with Crippen molar-refractivity contribution in [1.29, 1.82) is 0 Å². The van der Waals surface area contributed by atoms with Gasteiger partial charge in [0.15, 0.2) is 5.82 Å². The van der Waals surface area contributed by atoms with Crippen LogP contribution in [0.1, 0.15) is 26.7 Å². The van der Waals surface area contributed by atoms with Crippen LogP contribution in [0.3, 0.4) is 0 Å². The minimum atomic E-state index is 0.679. The van der Waals surface area contributed by atoms with Crippen LogP contribution >= 0.6 is 0 Å². The van der Waals surface area contributed by atoms with Crippen LogP contribution in [0.2, 0.25) is 0 Å². The molecular formula is C9H14N4. The normalized spacial score (nSPS) is 11.4. The van der Waals surface area contributed by atoms with Crippen LogP contribution in [0.4, 0.5) is 5.82 Å². The summed E-state index contributed by atoms with van der Waals surface area (Å²) >= 11 is 0. The average Bonchev–Trinajstić information content (AvgIpc) is 2.17. The minimum absolute atomic E-state index is 0.679. The lowest BCUT2D eigenvalue weighted by Gasteiger charge is -1.99. The van der Waals surface area contributed by atoms with Gasteiger partial charge in [-0.2, -0.15) is 5.10 Å². The highest BCUT2D eigenvalue weighted by atomic mass is 15.3. The summed E-state index contributed by atoms with van der Waals surface area (Å²) < 4.78 is 0. The van der Waals surface area contributed by atoms with E-state index in [9.17, 15) is 0 Å². The largest absolute Gasteiger partial charge is 0.260 e. The molecule has 0 amide bonds. The van der Waals surface area contributed by atoms with Crippen molar-refractivity contribution >= 4 is 11.5 Å². The summed E-state index contributed by atoms with van der Waals surface area (Å²) in [6.45, 7) is 4.12. The van der Waals surface area contributed by atoms with Crippen molar-refractivity contribution in [2.75, 3.05) is 5.43 Å². The lowest BCUT2D eigenvalue weighted by atomic mass is 10.2. The molecule has 0 aliphatic heterocycles. The second-order valence-corrected chi connectivity index (χ2v) is 2.80. The molecule has 0 saturated carbocycles. The highest BCUT2D eigenvalue weighted by molar-refractivity contribution is 5.82. The van der Waals surface area contributed by atoms with Gasteiger partial charge in [0.2, 0.25) is 0 Å². The molecule has 0 saturated heterocycles. The number of nitrogens with one attached hydrogen (secondary N) is 1. The SMILES string of the molecule is CCC/C(C)=N/Nc1cnccn1. The maximum absolute atomic E-state index is 4.15. The standard InChI is InChI=1S/C9H14N4/c1-3-4-8(2)12-13-9-7-10-5-6-11-9/h5-7H,3-4H2,1-2H3,(H,11,13)/b12-8+. The fraction of sp³-hybridized carbons (Fsp3) is 0.444. The number of nitrogens with zero attached hydrogens (tertiary/aromatic N) is 3.